The van der Waals surface area contributed by atoms with Crippen LogP contribution in [0.2, 0.25) is 0 Å². The highest BCUT2D eigenvalue weighted by Crippen LogP contribution is 2.24. The maximum atomic E-state index is 12.0. The summed E-state index contributed by atoms with van der Waals surface area (Å²) < 4.78 is 0. The lowest BCUT2D eigenvalue weighted by Crippen LogP contribution is -2.17. The van der Waals surface area contributed by atoms with E-state index in [2.05, 4.69) is 4.98 Å². The zero-order chi connectivity index (χ0) is 12.1. The summed E-state index contributed by atoms with van der Waals surface area (Å²) in [4.78, 5) is 27.7. The molecule has 17 heavy (non-hydrogen) atoms. The van der Waals surface area contributed by atoms with Crippen LogP contribution in [0.1, 0.15) is 48.9 Å². The van der Waals surface area contributed by atoms with E-state index in [9.17, 15) is 9.59 Å². The predicted molar refractivity (Wildman–Crippen MR) is 64.8 cm³/mol. The van der Waals surface area contributed by atoms with Gasteiger partial charge in [-0.3, -0.25) is 14.6 Å². The first kappa shape index (κ1) is 12.0. The number of carbonyl (C=O) groups excluding carboxylic acids is 2. The lowest BCUT2D eigenvalue weighted by Gasteiger charge is -2.11. The molecule has 0 radical (unpaired) electrons. The van der Waals surface area contributed by atoms with Crippen molar-refractivity contribution in [2.75, 3.05) is 0 Å². The number of Topliss-reactive ketones (excluding diaryl/α,β-unsaturated/α-hetero) is 2. The number of aromatic nitrogens is 1. The number of ketones is 2. The molecule has 0 aliphatic heterocycles. The number of rotatable bonds is 3. The number of pyridine rings is 1. The van der Waals surface area contributed by atoms with Gasteiger partial charge in [0.1, 0.15) is 5.78 Å². The summed E-state index contributed by atoms with van der Waals surface area (Å²) in [5, 5.41) is 0. The molecule has 1 aliphatic rings. The van der Waals surface area contributed by atoms with E-state index < -0.39 is 0 Å². The van der Waals surface area contributed by atoms with E-state index in [1.807, 2.05) is 0 Å². The topological polar surface area (TPSA) is 47.0 Å². The van der Waals surface area contributed by atoms with Gasteiger partial charge >= 0.3 is 0 Å². The fourth-order valence-electron chi connectivity index (χ4n) is 2.33. The van der Waals surface area contributed by atoms with Crippen LogP contribution < -0.4 is 0 Å². The summed E-state index contributed by atoms with van der Waals surface area (Å²) in [5.74, 6) is 0.274. The Kier molecular flexibility index (Phi) is 4.02. The summed E-state index contributed by atoms with van der Waals surface area (Å²) in [6.07, 6.45) is 8.28. The van der Waals surface area contributed by atoms with Gasteiger partial charge in [0.05, 0.1) is 0 Å². The molecule has 0 saturated heterocycles. The van der Waals surface area contributed by atoms with Gasteiger partial charge in [-0.1, -0.05) is 12.8 Å². The standard InChI is InChI=1S/C14H17NO2/c16-13-5-3-1-2-4-12(13)10-14(17)11-6-8-15-9-7-11/h6-9,12H,1-5,10H2. The van der Waals surface area contributed by atoms with Crippen molar-refractivity contribution in [1.29, 1.82) is 0 Å². The average Bonchev–Trinajstić information content (AvgIpc) is 2.56. The van der Waals surface area contributed by atoms with Crippen molar-refractivity contribution in [1.82, 2.24) is 4.98 Å². The zero-order valence-electron chi connectivity index (χ0n) is 9.89. The van der Waals surface area contributed by atoms with Crippen LogP contribution in [0.15, 0.2) is 24.5 Å². The summed E-state index contributed by atoms with van der Waals surface area (Å²) >= 11 is 0. The lowest BCUT2D eigenvalue weighted by molar-refractivity contribution is -0.122. The predicted octanol–water partition coefficient (Wildman–Crippen LogP) is 2.80. The first-order valence-electron chi connectivity index (χ1n) is 6.23. The molecule has 90 valence electrons. The molecule has 1 atom stereocenters. The zero-order valence-corrected chi connectivity index (χ0v) is 9.89. The van der Waals surface area contributed by atoms with Crippen molar-refractivity contribution in [2.24, 2.45) is 5.92 Å². The molecule has 1 aromatic rings. The van der Waals surface area contributed by atoms with Crippen molar-refractivity contribution >= 4 is 11.6 Å². The van der Waals surface area contributed by atoms with E-state index in [0.29, 0.717) is 18.4 Å². The van der Waals surface area contributed by atoms with Crippen molar-refractivity contribution in [3.63, 3.8) is 0 Å². The summed E-state index contributed by atoms with van der Waals surface area (Å²) in [6, 6.07) is 3.42. The van der Waals surface area contributed by atoms with Crippen molar-refractivity contribution in [3.05, 3.63) is 30.1 Å². The van der Waals surface area contributed by atoms with Crippen LogP contribution in [0.5, 0.6) is 0 Å². The van der Waals surface area contributed by atoms with Crippen molar-refractivity contribution in [3.8, 4) is 0 Å². The molecule has 0 aromatic carbocycles. The molecule has 1 fully saturated rings. The molecule has 2 rings (SSSR count). The second-order valence-corrected chi connectivity index (χ2v) is 4.63. The minimum Gasteiger partial charge on any atom is -0.299 e. The van der Waals surface area contributed by atoms with Crippen LogP contribution in [-0.2, 0) is 4.79 Å². The molecule has 0 N–H and O–H groups in total. The lowest BCUT2D eigenvalue weighted by atomic mass is 9.91. The van der Waals surface area contributed by atoms with E-state index in [-0.39, 0.29) is 17.5 Å². The molecule has 0 amide bonds. The van der Waals surface area contributed by atoms with Gasteiger partial charge in [0, 0.05) is 36.7 Å². The highest BCUT2D eigenvalue weighted by molar-refractivity contribution is 5.98. The SMILES string of the molecule is O=C(CC1CCCCCC1=O)c1ccncc1. The Hall–Kier alpha value is -1.51. The van der Waals surface area contributed by atoms with Crippen LogP contribution in [0, 0.1) is 5.92 Å². The van der Waals surface area contributed by atoms with Crippen LogP contribution in [0.3, 0.4) is 0 Å². The van der Waals surface area contributed by atoms with Gasteiger partial charge in [0.25, 0.3) is 0 Å². The molecule has 0 bridgehead atoms. The van der Waals surface area contributed by atoms with Gasteiger partial charge in [0.2, 0.25) is 0 Å². The van der Waals surface area contributed by atoms with E-state index in [1.54, 1.807) is 24.5 Å². The third-order valence-corrected chi connectivity index (χ3v) is 3.37. The highest BCUT2D eigenvalue weighted by Gasteiger charge is 2.23. The van der Waals surface area contributed by atoms with Crippen LogP contribution in [0.25, 0.3) is 0 Å². The Balaban J connectivity index is 2.00. The van der Waals surface area contributed by atoms with E-state index in [1.165, 1.54) is 0 Å². The Bertz CT molecular complexity index is 400. The normalized spacial score (nSPS) is 20.9. The molecule has 1 aromatic heterocycles. The molecule has 1 aliphatic carbocycles. The van der Waals surface area contributed by atoms with Gasteiger partial charge < -0.3 is 0 Å². The third kappa shape index (κ3) is 3.22. The van der Waals surface area contributed by atoms with Gasteiger partial charge in [-0.2, -0.15) is 0 Å². The van der Waals surface area contributed by atoms with Crippen molar-refractivity contribution in [2.45, 2.75) is 38.5 Å². The molecule has 3 heteroatoms. The first-order valence-corrected chi connectivity index (χ1v) is 6.23. The first-order chi connectivity index (χ1) is 8.27. The van der Waals surface area contributed by atoms with Gasteiger partial charge in [-0.15, -0.1) is 0 Å². The minimum absolute atomic E-state index is 0.0573. The van der Waals surface area contributed by atoms with E-state index >= 15 is 0 Å². The van der Waals surface area contributed by atoms with Crippen molar-refractivity contribution < 1.29 is 9.59 Å². The Labute approximate surface area is 101 Å². The average molecular weight is 231 g/mol. The van der Waals surface area contributed by atoms with E-state index in [4.69, 9.17) is 0 Å². The monoisotopic (exact) mass is 231 g/mol. The fourth-order valence-corrected chi connectivity index (χ4v) is 2.33. The largest absolute Gasteiger partial charge is 0.299 e. The number of hydrogen-bond donors (Lipinski definition) is 0. The maximum Gasteiger partial charge on any atom is 0.163 e. The second kappa shape index (κ2) is 5.71. The molecule has 1 heterocycles. The fraction of sp³-hybridized carbons (Fsp3) is 0.500. The molecule has 0 spiro atoms. The number of hydrogen-bond acceptors (Lipinski definition) is 3. The molecular formula is C14H17NO2. The third-order valence-electron chi connectivity index (χ3n) is 3.37. The number of nitrogens with zero attached hydrogens (tertiary/aromatic N) is 1. The van der Waals surface area contributed by atoms with Crippen LogP contribution in [0.4, 0.5) is 0 Å². The molecule has 1 unspecified atom stereocenters. The Morgan fingerprint density at radius 2 is 2.00 bits per heavy atom. The quantitative estimate of drug-likeness (QED) is 0.593. The summed E-state index contributed by atoms with van der Waals surface area (Å²) in [6.45, 7) is 0. The Morgan fingerprint density at radius 3 is 2.76 bits per heavy atom. The molecule has 3 nitrogen and oxygen atoms in total. The van der Waals surface area contributed by atoms with Gasteiger partial charge in [-0.25, -0.2) is 0 Å². The smallest absolute Gasteiger partial charge is 0.163 e. The molecule has 1 saturated carbocycles. The highest BCUT2D eigenvalue weighted by atomic mass is 16.1. The van der Waals surface area contributed by atoms with Gasteiger partial charge in [-0.05, 0) is 25.0 Å². The van der Waals surface area contributed by atoms with E-state index in [0.717, 1.165) is 25.7 Å². The van der Waals surface area contributed by atoms with Crippen LogP contribution in [-0.4, -0.2) is 16.6 Å². The minimum atomic E-state index is -0.0573. The summed E-state index contributed by atoms with van der Waals surface area (Å²) in [7, 11) is 0. The van der Waals surface area contributed by atoms with Gasteiger partial charge in [0.15, 0.2) is 5.78 Å². The second-order valence-electron chi connectivity index (χ2n) is 4.63. The summed E-state index contributed by atoms with van der Waals surface area (Å²) in [5.41, 5.74) is 0.664. The van der Waals surface area contributed by atoms with Crippen LogP contribution >= 0.6 is 0 Å². The maximum absolute atomic E-state index is 12.0. The Morgan fingerprint density at radius 1 is 1.24 bits per heavy atom. The number of carbonyl (C=O) groups is 2. The molecular weight excluding hydrogens is 214 g/mol.